The zero-order valence-electron chi connectivity index (χ0n) is 18.9. The lowest BCUT2D eigenvalue weighted by Crippen LogP contribution is -2.35. The number of rotatable bonds is 5. The Bertz CT molecular complexity index is 1080. The van der Waals surface area contributed by atoms with Gasteiger partial charge in [-0.25, -0.2) is 9.97 Å². The van der Waals surface area contributed by atoms with Gasteiger partial charge in [0, 0.05) is 49.9 Å². The van der Waals surface area contributed by atoms with E-state index < -0.39 is 0 Å². The van der Waals surface area contributed by atoms with E-state index in [1.54, 1.807) is 6.08 Å². The Kier molecular flexibility index (Phi) is 6.95. The Morgan fingerprint density at radius 1 is 0.906 bits per heavy atom. The van der Waals surface area contributed by atoms with Gasteiger partial charge in [0.25, 0.3) is 0 Å². The molecule has 1 fully saturated rings. The van der Waals surface area contributed by atoms with Gasteiger partial charge in [-0.05, 0) is 37.5 Å². The standard InChI is InChI=1S/C27H30N4O/c1-21-25(20-24-12-7-4-8-13-24)27(29-22(2)28-21)31-17-9-16-30(18-19-31)26(32)15-14-23-10-5-3-6-11-23/h3-8,10-15H,9,16-20H2,1-2H3. The first-order chi connectivity index (χ1) is 15.6. The van der Waals surface area contributed by atoms with Gasteiger partial charge < -0.3 is 9.80 Å². The molecule has 0 N–H and O–H groups in total. The summed E-state index contributed by atoms with van der Waals surface area (Å²) in [6.45, 7) is 7.10. The zero-order chi connectivity index (χ0) is 22.3. The molecule has 1 aromatic heterocycles. The van der Waals surface area contributed by atoms with Crippen molar-refractivity contribution in [3.63, 3.8) is 0 Å². The van der Waals surface area contributed by atoms with E-state index >= 15 is 0 Å². The maximum Gasteiger partial charge on any atom is 0.246 e. The van der Waals surface area contributed by atoms with Crippen molar-refractivity contribution in [2.45, 2.75) is 26.7 Å². The van der Waals surface area contributed by atoms with Crippen LogP contribution in [0, 0.1) is 13.8 Å². The average Bonchev–Trinajstić information content (AvgIpc) is 3.07. The molecule has 1 amide bonds. The molecule has 0 atom stereocenters. The molecular formula is C27H30N4O. The van der Waals surface area contributed by atoms with Crippen molar-refractivity contribution in [2.75, 3.05) is 31.1 Å². The fraction of sp³-hybridized carbons (Fsp3) is 0.296. The molecule has 1 aliphatic heterocycles. The highest BCUT2D eigenvalue weighted by atomic mass is 16.2. The SMILES string of the molecule is Cc1nc(C)c(Cc2ccccc2)c(N2CCCN(C(=O)C=Cc3ccccc3)CC2)n1. The summed E-state index contributed by atoms with van der Waals surface area (Å²) in [7, 11) is 0. The molecule has 0 unspecified atom stereocenters. The summed E-state index contributed by atoms with van der Waals surface area (Å²) >= 11 is 0. The molecule has 0 bridgehead atoms. The zero-order valence-corrected chi connectivity index (χ0v) is 18.9. The second kappa shape index (κ2) is 10.2. The van der Waals surface area contributed by atoms with Crippen molar-refractivity contribution in [1.29, 1.82) is 0 Å². The van der Waals surface area contributed by atoms with Crippen LogP contribution in [-0.2, 0) is 11.2 Å². The highest BCUT2D eigenvalue weighted by Crippen LogP contribution is 2.25. The maximum absolute atomic E-state index is 12.8. The quantitative estimate of drug-likeness (QED) is 0.566. The molecule has 32 heavy (non-hydrogen) atoms. The van der Waals surface area contributed by atoms with E-state index in [9.17, 15) is 4.79 Å². The molecule has 0 saturated carbocycles. The van der Waals surface area contributed by atoms with Crippen molar-refractivity contribution in [2.24, 2.45) is 0 Å². The summed E-state index contributed by atoms with van der Waals surface area (Å²) in [4.78, 5) is 26.5. The van der Waals surface area contributed by atoms with Crippen LogP contribution in [-0.4, -0.2) is 47.0 Å². The Morgan fingerprint density at radius 3 is 2.38 bits per heavy atom. The van der Waals surface area contributed by atoms with E-state index in [1.807, 2.05) is 54.3 Å². The third kappa shape index (κ3) is 5.41. The van der Waals surface area contributed by atoms with Crippen molar-refractivity contribution in [3.8, 4) is 0 Å². The molecular weight excluding hydrogens is 396 g/mol. The summed E-state index contributed by atoms with van der Waals surface area (Å²) in [6.07, 6.45) is 5.30. The normalized spacial score (nSPS) is 14.6. The van der Waals surface area contributed by atoms with Crippen LogP contribution in [0.5, 0.6) is 0 Å². The molecule has 0 spiro atoms. The number of aromatic nitrogens is 2. The smallest absolute Gasteiger partial charge is 0.246 e. The molecule has 2 aromatic carbocycles. The maximum atomic E-state index is 12.8. The number of carbonyl (C=O) groups excluding carboxylic acids is 1. The van der Waals surface area contributed by atoms with Gasteiger partial charge in [-0.15, -0.1) is 0 Å². The van der Waals surface area contributed by atoms with Crippen LogP contribution in [0.25, 0.3) is 6.08 Å². The van der Waals surface area contributed by atoms with E-state index in [4.69, 9.17) is 4.98 Å². The van der Waals surface area contributed by atoms with Crippen LogP contribution in [0.2, 0.25) is 0 Å². The van der Waals surface area contributed by atoms with E-state index in [-0.39, 0.29) is 5.91 Å². The van der Waals surface area contributed by atoms with Gasteiger partial charge >= 0.3 is 0 Å². The number of amides is 1. The minimum atomic E-state index is 0.0651. The van der Waals surface area contributed by atoms with Crippen molar-refractivity contribution in [3.05, 3.63) is 94.9 Å². The highest BCUT2D eigenvalue weighted by Gasteiger charge is 2.22. The summed E-state index contributed by atoms with van der Waals surface area (Å²) in [6, 6.07) is 20.4. The minimum absolute atomic E-state index is 0.0651. The Hall–Kier alpha value is -3.47. The largest absolute Gasteiger partial charge is 0.354 e. The lowest BCUT2D eigenvalue weighted by molar-refractivity contribution is -0.125. The van der Waals surface area contributed by atoms with Gasteiger partial charge in [0.05, 0.1) is 0 Å². The molecule has 2 heterocycles. The van der Waals surface area contributed by atoms with Gasteiger partial charge in [-0.2, -0.15) is 0 Å². The Morgan fingerprint density at radius 2 is 1.62 bits per heavy atom. The number of anilines is 1. The number of aryl methyl sites for hydroxylation is 2. The van der Waals surface area contributed by atoms with E-state index in [2.05, 4.69) is 41.1 Å². The lowest BCUT2D eigenvalue weighted by atomic mass is 10.0. The molecule has 1 aliphatic rings. The molecule has 0 radical (unpaired) electrons. The molecule has 164 valence electrons. The second-order valence-corrected chi connectivity index (χ2v) is 8.23. The fourth-order valence-electron chi connectivity index (χ4n) is 4.17. The van der Waals surface area contributed by atoms with Crippen LogP contribution >= 0.6 is 0 Å². The molecule has 4 rings (SSSR count). The van der Waals surface area contributed by atoms with Crippen molar-refractivity contribution >= 4 is 17.8 Å². The number of carbonyl (C=O) groups is 1. The van der Waals surface area contributed by atoms with Gasteiger partial charge in [0.2, 0.25) is 5.91 Å². The van der Waals surface area contributed by atoms with Crippen LogP contribution in [0.4, 0.5) is 5.82 Å². The van der Waals surface area contributed by atoms with Crippen molar-refractivity contribution < 1.29 is 4.79 Å². The summed E-state index contributed by atoms with van der Waals surface area (Å²) < 4.78 is 0. The molecule has 3 aromatic rings. The highest BCUT2D eigenvalue weighted by molar-refractivity contribution is 5.91. The van der Waals surface area contributed by atoms with Crippen LogP contribution in [0.3, 0.4) is 0 Å². The Balaban J connectivity index is 1.49. The van der Waals surface area contributed by atoms with E-state index in [1.165, 1.54) is 11.1 Å². The monoisotopic (exact) mass is 426 g/mol. The summed E-state index contributed by atoms with van der Waals surface area (Å²) in [5, 5.41) is 0. The first-order valence-corrected chi connectivity index (χ1v) is 11.2. The first kappa shape index (κ1) is 21.8. The third-order valence-electron chi connectivity index (χ3n) is 5.85. The predicted octanol–water partition coefficient (Wildman–Crippen LogP) is 4.44. The minimum Gasteiger partial charge on any atom is -0.354 e. The third-order valence-corrected chi connectivity index (χ3v) is 5.85. The molecule has 5 nitrogen and oxygen atoms in total. The van der Waals surface area contributed by atoms with Gasteiger partial charge in [-0.3, -0.25) is 4.79 Å². The number of hydrogen-bond acceptors (Lipinski definition) is 4. The summed E-state index contributed by atoms with van der Waals surface area (Å²) in [5.74, 6) is 1.86. The van der Waals surface area contributed by atoms with Crippen LogP contribution < -0.4 is 4.90 Å². The van der Waals surface area contributed by atoms with Crippen LogP contribution in [0.1, 0.15) is 34.6 Å². The van der Waals surface area contributed by atoms with Gasteiger partial charge in [-0.1, -0.05) is 60.7 Å². The second-order valence-electron chi connectivity index (χ2n) is 8.23. The molecule has 5 heteroatoms. The summed E-state index contributed by atoms with van der Waals surface area (Å²) in [5.41, 5.74) is 4.49. The van der Waals surface area contributed by atoms with Gasteiger partial charge in [0.1, 0.15) is 11.6 Å². The molecule has 0 aliphatic carbocycles. The fourth-order valence-corrected chi connectivity index (χ4v) is 4.17. The number of hydrogen-bond donors (Lipinski definition) is 0. The number of benzene rings is 2. The lowest BCUT2D eigenvalue weighted by Gasteiger charge is -2.26. The van der Waals surface area contributed by atoms with Crippen molar-refractivity contribution in [1.82, 2.24) is 14.9 Å². The number of nitrogens with zero attached hydrogens (tertiary/aromatic N) is 4. The van der Waals surface area contributed by atoms with Crippen LogP contribution in [0.15, 0.2) is 66.7 Å². The Labute approximate surface area is 190 Å². The molecule has 1 saturated heterocycles. The van der Waals surface area contributed by atoms with E-state index in [0.29, 0.717) is 6.54 Å². The predicted molar refractivity (Wildman–Crippen MR) is 130 cm³/mol. The first-order valence-electron chi connectivity index (χ1n) is 11.2. The topological polar surface area (TPSA) is 49.3 Å². The van der Waals surface area contributed by atoms with E-state index in [0.717, 1.165) is 55.4 Å². The van der Waals surface area contributed by atoms with Gasteiger partial charge in [0.15, 0.2) is 0 Å². The average molecular weight is 427 g/mol.